The van der Waals surface area contributed by atoms with Gasteiger partial charge in [0.15, 0.2) is 0 Å². The molecule has 1 rings (SSSR count). The maximum atomic E-state index is 11.0. The average Bonchev–Trinajstić information content (AvgIpc) is 2.29. The Hall–Kier alpha value is -0.570. The minimum atomic E-state index is -0.0554. The fraction of sp³-hybridized carbons (Fsp3) is 0.714. The Kier molecular flexibility index (Phi) is 2.88. The molecule has 0 aromatic rings. The van der Waals surface area contributed by atoms with Gasteiger partial charge in [0.2, 0.25) is 11.8 Å². The van der Waals surface area contributed by atoms with E-state index in [0.29, 0.717) is 31.7 Å². The Bertz CT molecular complexity index is 165. The molecule has 0 aliphatic carbocycles. The number of hydrogen-bond acceptors (Lipinski definition) is 2. The number of rotatable bonds is 3. The van der Waals surface area contributed by atoms with Crippen molar-refractivity contribution in [1.29, 1.82) is 0 Å². The summed E-state index contributed by atoms with van der Waals surface area (Å²) in [6.07, 6.45) is 1.45. The van der Waals surface area contributed by atoms with Crippen LogP contribution in [0.15, 0.2) is 0 Å². The molecule has 4 heteroatoms. The van der Waals surface area contributed by atoms with Crippen LogP contribution in [0.1, 0.15) is 19.3 Å². The molecule has 0 bridgehead atoms. The van der Waals surface area contributed by atoms with E-state index in [-0.39, 0.29) is 11.8 Å². The molecule has 1 heterocycles. The van der Waals surface area contributed by atoms with Crippen LogP contribution in [-0.2, 0) is 9.59 Å². The van der Waals surface area contributed by atoms with Crippen LogP contribution in [0.4, 0.5) is 0 Å². The summed E-state index contributed by atoms with van der Waals surface area (Å²) < 4.78 is 0. The van der Waals surface area contributed by atoms with Gasteiger partial charge >= 0.3 is 0 Å². The monoisotopic (exact) mass is 175 g/mol. The third-order valence-corrected chi connectivity index (χ3v) is 1.94. The molecule has 1 aliphatic heterocycles. The van der Waals surface area contributed by atoms with Crippen LogP contribution >= 0.6 is 11.6 Å². The summed E-state index contributed by atoms with van der Waals surface area (Å²) in [6, 6.07) is 0. The summed E-state index contributed by atoms with van der Waals surface area (Å²) in [5, 5.41) is 0. The summed E-state index contributed by atoms with van der Waals surface area (Å²) >= 11 is 5.43. The molecule has 1 saturated heterocycles. The molecule has 0 atom stereocenters. The third kappa shape index (κ3) is 1.93. The Morgan fingerprint density at radius 2 is 1.82 bits per heavy atom. The SMILES string of the molecule is O=C1CCC(=O)N1CCCCl. The van der Waals surface area contributed by atoms with Crippen molar-refractivity contribution >= 4 is 23.4 Å². The van der Waals surface area contributed by atoms with E-state index >= 15 is 0 Å². The third-order valence-electron chi connectivity index (χ3n) is 1.67. The van der Waals surface area contributed by atoms with Crippen molar-refractivity contribution in [2.45, 2.75) is 19.3 Å². The van der Waals surface area contributed by atoms with Gasteiger partial charge < -0.3 is 0 Å². The molecule has 0 radical (unpaired) electrons. The van der Waals surface area contributed by atoms with E-state index in [1.165, 1.54) is 4.90 Å². The molecule has 0 N–H and O–H groups in total. The van der Waals surface area contributed by atoms with Crippen LogP contribution in [-0.4, -0.2) is 29.1 Å². The number of hydrogen-bond donors (Lipinski definition) is 0. The molecular weight excluding hydrogens is 166 g/mol. The maximum Gasteiger partial charge on any atom is 0.229 e. The highest BCUT2D eigenvalue weighted by atomic mass is 35.5. The minimum Gasteiger partial charge on any atom is -0.283 e. The molecule has 0 aromatic heterocycles. The number of nitrogens with zero attached hydrogens (tertiary/aromatic N) is 1. The largest absolute Gasteiger partial charge is 0.283 e. The first-order chi connectivity index (χ1) is 5.25. The molecule has 3 nitrogen and oxygen atoms in total. The molecule has 0 aromatic carbocycles. The van der Waals surface area contributed by atoms with Crippen LogP contribution in [0.3, 0.4) is 0 Å². The van der Waals surface area contributed by atoms with Gasteiger partial charge in [0.1, 0.15) is 0 Å². The molecule has 0 saturated carbocycles. The minimum absolute atomic E-state index is 0.0554. The standard InChI is InChI=1S/C7H10ClNO2/c8-4-1-5-9-6(10)2-3-7(9)11/h1-5H2. The van der Waals surface area contributed by atoms with E-state index in [4.69, 9.17) is 11.6 Å². The zero-order valence-electron chi connectivity index (χ0n) is 6.18. The van der Waals surface area contributed by atoms with Gasteiger partial charge in [-0.25, -0.2) is 0 Å². The first-order valence-corrected chi connectivity index (χ1v) is 4.18. The number of imide groups is 1. The van der Waals surface area contributed by atoms with E-state index in [2.05, 4.69) is 0 Å². The normalized spacial score (nSPS) is 18.1. The topological polar surface area (TPSA) is 37.4 Å². The fourth-order valence-corrected chi connectivity index (χ4v) is 1.21. The second kappa shape index (κ2) is 3.72. The van der Waals surface area contributed by atoms with E-state index in [9.17, 15) is 9.59 Å². The summed E-state index contributed by atoms with van der Waals surface area (Å²) in [6.45, 7) is 0.487. The molecule has 0 unspecified atom stereocenters. The van der Waals surface area contributed by atoms with Crippen LogP contribution < -0.4 is 0 Å². The zero-order chi connectivity index (χ0) is 8.27. The van der Waals surface area contributed by atoms with Gasteiger partial charge in [0, 0.05) is 25.3 Å². The summed E-state index contributed by atoms with van der Waals surface area (Å²) in [4.78, 5) is 23.2. The molecule has 1 fully saturated rings. The van der Waals surface area contributed by atoms with Crippen LogP contribution in [0.5, 0.6) is 0 Å². The number of carbonyl (C=O) groups is 2. The highest BCUT2D eigenvalue weighted by Gasteiger charge is 2.27. The van der Waals surface area contributed by atoms with Gasteiger partial charge in [-0.15, -0.1) is 11.6 Å². The first kappa shape index (κ1) is 8.53. The summed E-state index contributed by atoms with van der Waals surface area (Å²) in [7, 11) is 0. The Balaban J connectivity index is 2.41. The lowest BCUT2D eigenvalue weighted by molar-refractivity contribution is -0.138. The van der Waals surface area contributed by atoms with Gasteiger partial charge in [-0.3, -0.25) is 14.5 Å². The summed E-state index contributed by atoms with van der Waals surface area (Å²) in [5.74, 6) is 0.386. The van der Waals surface area contributed by atoms with Crippen molar-refractivity contribution in [3.05, 3.63) is 0 Å². The van der Waals surface area contributed by atoms with E-state index in [0.717, 1.165) is 0 Å². The summed E-state index contributed by atoms with van der Waals surface area (Å²) in [5.41, 5.74) is 0. The van der Waals surface area contributed by atoms with Crippen LogP contribution in [0.2, 0.25) is 0 Å². The van der Waals surface area contributed by atoms with E-state index in [1.807, 2.05) is 0 Å². The zero-order valence-corrected chi connectivity index (χ0v) is 6.93. The van der Waals surface area contributed by atoms with Crippen molar-refractivity contribution in [3.63, 3.8) is 0 Å². The van der Waals surface area contributed by atoms with Gasteiger partial charge in [0.25, 0.3) is 0 Å². The molecule has 0 spiro atoms. The fourth-order valence-electron chi connectivity index (χ4n) is 1.09. The molecule has 2 amide bonds. The van der Waals surface area contributed by atoms with Crippen molar-refractivity contribution in [2.24, 2.45) is 0 Å². The number of likely N-dealkylation sites (tertiary alicyclic amines) is 1. The lowest BCUT2D eigenvalue weighted by Crippen LogP contribution is -2.30. The second-order valence-electron chi connectivity index (χ2n) is 2.48. The van der Waals surface area contributed by atoms with Crippen molar-refractivity contribution in [3.8, 4) is 0 Å². The number of carbonyl (C=O) groups excluding carboxylic acids is 2. The highest BCUT2D eigenvalue weighted by Crippen LogP contribution is 2.11. The number of halogens is 1. The van der Waals surface area contributed by atoms with E-state index in [1.54, 1.807) is 0 Å². The van der Waals surface area contributed by atoms with Crippen molar-refractivity contribution < 1.29 is 9.59 Å². The van der Waals surface area contributed by atoms with Crippen molar-refractivity contribution in [2.75, 3.05) is 12.4 Å². The predicted octanol–water partition coefficient (Wildman–Crippen LogP) is 0.764. The molecule has 62 valence electrons. The van der Waals surface area contributed by atoms with Crippen molar-refractivity contribution in [1.82, 2.24) is 4.90 Å². The van der Waals surface area contributed by atoms with Crippen LogP contribution in [0, 0.1) is 0 Å². The maximum absolute atomic E-state index is 11.0. The highest BCUT2D eigenvalue weighted by molar-refractivity contribution is 6.17. The number of alkyl halides is 1. The Labute approximate surface area is 70.3 Å². The van der Waals surface area contributed by atoms with Gasteiger partial charge in [-0.05, 0) is 6.42 Å². The quantitative estimate of drug-likeness (QED) is 0.469. The first-order valence-electron chi connectivity index (χ1n) is 3.65. The van der Waals surface area contributed by atoms with Gasteiger partial charge in [0.05, 0.1) is 0 Å². The molecular formula is C7H10ClNO2. The van der Waals surface area contributed by atoms with Crippen LogP contribution in [0.25, 0.3) is 0 Å². The lowest BCUT2D eigenvalue weighted by Gasteiger charge is -2.11. The second-order valence-corrected chi connectivity index (χ2v) is 2.86. The predicted molar refractivity (Wildman–Crippen MR) is 41.3 cm³/mol. The smallest absolute Gasteiger partial charge is 0.229 e. The average molecular weight is 176 g/mol. The lowest BCUT2D eigenvalue weighted by atomic mass is 10.4. The molecule has 1 aliphatic rings. The Morgan fingerprint density at radius 1 is 1.27 bits per heavy atom. The Morgan fingerprint density at radius 3 is 2.27 bits per heavy atom. The van der Waals surface area contributed by atoms with Gasteiger partial charge in [-0.1, -0.05) is 0 Å². The van der Waals surface area contributed by atoms with Gasteiger partial charge in [-0.2, -0.15) is 0 Å². The molecule has 11 heavy (non-hydrogen) atoms. The van der Waals surface area contributed by atoms with E-state index < -0.39 is 0 Å². The number of amides is 2.